The van der Waals surface area contributed by atoms with Crippen molar-refractivity contribution in [1.29, 1.82) is 0 Å². The molecule has 102 valence electrons. The molecule has 0 amide bonds. The predicted molar refractivity (Wildman–Crippen MR) is 77.3 cm³/mol. The van der Waals surface area contributed by atoms with Crippen LogP contribution in [-0.4, -0.2) is 21.4 Å². The van der Waals surface area contributed by atoms with Crippen LogP contribution in [0.1, 0.15) is 24.8 Å². The minimum atomic E-state index is -1.75. The van der Waals surface area contributed by atoms with Crippen molar-refractivity contribution in [1.82, 2.24) is 0 Å². The van der Waals surface area contributed by atoms with E-state index in [4.69, 9.17) is 9.16 Å². The number of hydrogen-bond donors (Lipinski definition) is 0. The average molecular weight is 286 g/mol. The van der Waals surface area contributed by atoms with Crippen molar-refractivity contribution in [2.45, 2.75) is 39.6 Å². The van der Waals surface area contributed by atoms with Gasteiger partial charge in [-0.15, -0.1) is 11.3 Å². The maximum Gasteiger partial charge on any atom is 0.314 e. The Balaban J connectivity index is 3.09. The Kier molecular flexibility index (Phi) is 4.75. The summed E-state index contributed by atoms with van der Waals surface area (Å²) in [6, 6.07) is 3.99. The molecule has 1 heterocycles. The molecule has 0 radical (unpaired) electrons. The second-order valence-electron chi connectivity index (χ2n) is 5.84. The van der Waals surface area contributed by atoms with Gasteiger partial charge >= 0.3 is 5.97 Å². The highest BCUT2D eigenvalue weighted by Crippen LogP contribution is 2.41. The molecule has 0 aliphatic heterocycles. The summed E-state index contributed by atoms with van der Waals surface area (Å²) in [5.41, 5.74) is -0.681. The molecular weight excluding hydrogens is 264 g/mol. The maximum atomic E-state index is 12.0. The molecule has 0 bridgehead atoms. The van der Waals surface area contributed by atoms with Crippen LogP contribution >= 0.6 is 11.3 Å². The van der Waals surface area contributed by atoms with E-state index < -0.39 is 13.7 Å². The molecule has 1 atom stereocenters. The third-order valence-corrected chi connectivity index (χ3v) is 4.50. The Labute approximate surface area is 114 Å². The minimum Gasteiger partial charge on any atom is -0.469 e. The standard InChI is InChI=1S/C13H22O3SSi/c1-13(2,12(14)15-3)11(16-18(4,5)6)10-8-7-9-17-10/h7-9,11H,1-6H3. The summed E-state index contributed by atoms with van der Waals surface area (Å²) >= 11 is 1.62. The van der Waals surface area contributed by atoms with E-state index >= 15 is 0 Å². The molecule has 1 aromatic heterocycles. The van der Waals surface area contributed by atoms with Crippen LogP contribution in [-0.2, 0) is 14.0 Å². The third-order valence-electron chi connectivity index (χ3n) is 2.64. The lowest BCUT2D eigenvalue weighted by Gasteiger charge is -2.35. The molecule has 0 saturated carbocycles. The van der Waals surface area contributed by atoms with E-state index in [1.54, 1.807) is 11.3 Å². The fourth-order valence-electron chi connectivity index (χ4n) is 1.73. The number of thiophene rings is 1. The van der Waals surface area contributed by atoms with Crippen LogP contribution in [0, 0.1) is 5.41 Å². The minimum absolute atomic E-state index is 0.237. The van der Waals surface area contributed by atoms with Crippen LogP contribution in [0.4, 0.5) is 0 Å². The smallest absolute Gasteiger partial charge is 0.314 e. The molecule has 5 heteroatoms. The summed E-state index contributed by atoms with van der Waals surface area (Å²) in [5, 5.41) is 2.00. The first kappa shape index (κ1) is 15.4. The van der Waals surface area contributed by atoms with Crippen LogP contribution in [0.3, 0.4) is 0 Å². The van der Waals surface area contributed by atoms with Crippen LogP contribution in [0.2, 0.25) is 19.6 Å². The first-order valence-corrected chi connectivity index (χ1v) is 10.3. The SMILES string of the molecule is COC(=O)C(C)(C)C(O[Si](C)(C)C)c1cccs1. The molecule has 0 aliphatic rings. The van der Waals surface area contributed by atoms with E-state index in [9.17, 15) is 4.79 Å². The van der Waals surface area contributed by atoms with Gasteiger partial charge in [0.05, 0.1) is 18.6 Å². The van der Waals surface area contributed by atoms with Crippen molar-refractivity contribution in [2.24, 2.45) is 5.41 Å². The quantitative estimate of drug-likeness (QED) is 0.609. The van der Waals surface area contributed by atoms with Gasteiger partial charge in [0.15, 0.2) is 8.32 Å². The molecule has 1 rings (SSSR count). The van der Waals surface area contributed by atoms with E-state index in [1.807, 2.05) is 31.4 Å². The maximum absolute atomic E-state index is 12.0. The molecule has 0 fully saturated rings. The number of esters is 1. The normalized spacial score (nSPS) is 14.3. The van der Waals surface area contributed by atoms with Crippen molar-refractivity contribution in [2.75, 3.05) is 7.11 Å². The number of carbonyl (C=O) groups excluding carboxylic acids is 1. The zero-order chi connectivity index (χ0) is 14.0. The Morgan fingerprint density at radius 1 is 1.39 bits per heavy atom. The number of carbonyl (C=O) groups is 1. The summed E-state index contributed by atoms with van der Waals surface area (Å²) < 4.78 is 11.1. The average Bonchev–Trinajstić information content (AvgIpc) is 2.76. The highest BCUT2D eigenvalue weighted by Gasteiger charge is 2.42. The van der Waals surface area contributed by atoms with Gasteiger partial charge in [-0.05, 0) is 44.9 Å². The van der Waals surface area contributed by atoms with Crippen molar-refractivity contribution in [3.05, 3.63) is 22.4 Å². The van der Waals surface area contributed by atoms with Crippen molar-refractivity contribution in [3.8, 4) is 0 Å². The lowest BCUT2D eigenvalue weighted by Crippen LogP contribution is -2.39. The summed E-state index contributed by atoms with van der Waals surface area (Å²) in [5.74, 6) is -0.237. The van der Waals surface area contributed by atoms with Gasteiger partial charge < -0.3 is 9.16 Å². The van der Waals surface area contributed by atoms with Gasteiger partial charge in [0.2, 0.25) is 0 Å². The van der Waals surface area contributed by atoms with Crippen LogP contribution < -0.4 is 0 Å². The lowest BCUT2D eigenvalue weighted by molar-refractivity contribution is -0.156. The first-order valence-electron chi connectivity index (χ1n) is 5.98. The van der Waals surface area contributed by atoms with Gasteiger partial charge in [-0.25, -0.2) is 0 Å². The highest BCUT2D eigenvalue weighted by atomic mass is 32.1. The van der Waals surface area contributed by atoms with Gasteiger partial charge in [0.1, 0.15) is 0 Å². The number of rotatable bonds is 5. The molecule has 0 spiro atoms. The lowest BCUT2D eigenvalue weighted by atomic mass is 9.86. The number of ether oxygens (including phenoxy) is 1. The molecule has 3 nitrogen and oxygen atoms in total. The fraction of sp³-hybridized carbons (Fsp3) is 0.615. The second kappa shape index (κ2) is 5.55. The molecule has 1 aromatic rings. The largest absolute Gasteiger partial charge is 0.469 e. The van der Waals surface area contributed by atoms with Crippen molar-refractivity contribution >= 4 is 25.6 Å². The third kappa shape index (κ3) is 3.67. The van der Waals surface area contributed by atoms with Crippen LogP contribution in [0.25, 0.3) is 0 Å². The zero-order valence-corrected chi connectivity index (χ0v) is 13.8. The van der Waals surface area contributed by atoms with E-state index in [-0.39, 0.29) is 12.1 Å². The Hall–Kier alpha value is -0.653. The Morgan fingerprint density at radius 3 is 2.39 bits per heavy atom. The van der Waals surface area contributed by atoms with Crippen LogP contribution in [0.5, 0.6) is 0 Å². The zero-order valence-electron chi connectivity index (χ0n) is 11.9. The van der Waals surface area contributed by atoms with E-state index in [0.29, 0.717) is 0 Å². The fourth-order valence-corrected chi connectivity index (χ4v) is 3.88. The van der Waals surface area contributed by atoms with Crippen molar-refractivity contribution < 1.29 is 14.0 Å². The second-order valence-corrected chi connectivity index (χ2v) is 11.3. The van der Waals surface area contributed by atoms with Gasteiger partial charge in [0, 0.05) is 4.88 Å². The summed E-state index contributed by atoms with van der Waals surface area (Å²) in [6.07, 6.45) is -0.239. The topological polar surface area (TPSA) is 35.5 Å². The molecule has 1 unspecified atom stereocenters. The van der Waals surface area contributed by atoms with Crippen molar-refractivity contribution in [3.63, 3.8) is 0 Å². The van der Waals surface area contributed by atoms with E-state index in [2.05, 4.69) is 19.6 Å². The summed E-state index contributed by atoms with van der Waals surface area (Å²) in [4.78, 5) is 13.1. The monoisotopic (exact) mass is 286 g/mol. The van der Waals surface area contributed by atoms with Gasteiger partial charge in [0.25, 0.3) is 0 Å². The molecule has 18 heavy (non-hydrogen) atoms. The molecule has 0 saturated heterocycles. The highest BCUT2D eigenvalue weighted by molar-refractivity contribution is 7.10. The summed E-state index contributed by atoms with van der Waals surface area (Å²) in [7, 11) is -0.325. The first-order chi connectivity index (χ1) is 8.18. The molecule has 0 N–H and O–H groups in total. The van der Waals surface area contributed by atoms with E-state index in [0.717, 1.165) is 4.88 Å². The Bertz CT molecular complexity index is 393. The molecule has 0 aromatic carbocycles. The van der Waals surface area contributed by atoms with Gasteiger partial charge in [-0.2, -0.15) is 0 Å². The van der Waals surface area contributed by atoms with E-state index in [1.165, 1.54) is 7.11 Å². The number of hydrogen-bond acceptors (Lipinski definition) is 4. The van der Waals surface area contributed by atoms with Gasteiger partial charge in [-0.3, -0.25) is 4.79 Å². The summed E-state index contributed by atoms with van der Waals surface area (Å²) in [6.45, 7) is 10.1. The number of methoxy groups -OCH3 is 1. The molecule has 0 aliphatic carbocycles. The Morgan fingerprint density at radius 2 is 2.00 bits per heavy atom. The molecular formula is C13H22O3SSi. The van der Waals surface area contributed by atoms with Gasteiger partial charge in [-0.1, -0.05) is 6.07 Å². The predicted octanol–water partition coefficient (Wildman–Crippen LogP) is 3.84. The van der Waals surface area contributed by atoms with Crippen LogP contribution in [0.15, 0.2) is 17.5 Å².